The van der Waals surface area contributed by atoms with E-state index in [2.05, 4.69) is 15.5 Å². The molecule has 26 heavy (non-hydrogen) atoms. The van der Waals surface area contributed by atoms with Crippen LogP contribution in [0.3, 0.4) is 0 Å². The molecule has 0 saturated carbocycles. The highest BCUT2D eigenvalue weighted by Crippen LogP contribution is 2.23. The molecular weight excluding hydrogens is 333 g/mol. The van der Waals surface area contributed by atoms with E-state index >= 15 is 0 Å². The molecule has 6 heteroatoms. The third-order valence-electron chi connectivity index (χ3n) is 3.96. The molecule has 4 aromatic rings. The van der Waals surface area contributed by atoms with E-state index in [1.54, 1.807) is 30.3 Å². The van der Waals surface area contributed by atoms with Crippen LogP contribution in [0.5, 0.6) is 0 Å². The fourth-order valence-electron chi connectivity index (χ4n) is 2.64. The standard InChI is InChI=1S/C20H14FN3O2/c21-16-7-3-2-6-15(16)19-11-14(24-26-19)12-22-20(25)18-10-9-13-5-1-4-8-17(13)23-18/h1-11H,12H2,(H,22,25). The van der Waals surface area contributed by atoms with Gasteiger partial charge in [-0.3, -0.25) is 4.79 Å². The van der Waals surface area contributed by atoms with Gasteiger partial charge in [-0.1, -0.05) is 41.6 Å². The van der Waals surface area contributed by atoms with Gasteiger partial charge >= 0.3 is 0 Å². The fourth-order valence-corrected chi connectivity index (χ4v) is 2.64. The van der Waals surface area contributed by atoms with E-state index in [4.69, 9.17) is 4.52 Å². The summed E-state index contributed by atoms with van der Waals surface area (Å²) in [6.45, 7) is 0.158. The van der Waals surface area contributed by atoms with Gasteiger partial charge in [-0.15, -0.1) is 0 Å². The average Bonchev–Trinajstić information content (AvgIpc) is 3.15. The van der Waals surface area contributed by atoms with Crippen LogP contribution in [-0.4, -0.2) is 16.0 Å². The predicted molar refractivity (Wildman–Crippen MR) is 94.8 cm³/mol. The lowest BCUT2D eigenvalue weighted by atomic mass is 10.1. The van der Waals surface area contributed by atoms with E-state index in [0.29, 0.717) is 22.7 Å². The van der Waals surface area contributed by atoms with Gasteiger partial charge in [-0.05, 0) is 24.3 Å². The Balaban J connectivity index is 1.47. The summed E-state index contributed by atoms with van der Waals surface area (Å²) in [6.07, 6.45) is 0. The first-order valence-electron chi connectivity index (χ1n) is 8.05. The molecule has 4 rings (SSSR count). The molecule has 128 valence electrons. The minimum atomic E-state index is -0.389. The summed E-state index contributed by atoms with van der Waals surface area (Å²) in [5.41, 5.74) is 1.90. The van der Waals surface area contributed by atoms with Crippen LogP contribution in [0.15, 0.2) is 71.3 Å². The minimum absolute atomic E-state index is 0.158. The van der Waals surface area contributed by atoms with Crippen molar-refractivity contribution in [3.8, 4) is 11.3 Å². The summed E-state index contributed by atoms with van der Waals surface area (Å²) < 4.78 is 19.0. The van der Waals surface area contributed by atoms with Crippen LogP contribution < -0.4 is 5.32 Å². The number of carbonyl (C=O) groups is 1. The van der Waals surface area contributed by atoms with Gasteiger partial charge in [0.25, 0.3) is 5.91 Å². The van der Waals surface area contributed by atoms with Crippen LogP contribution in [-0.2, 0) is 6.54 Å². The van der Waals surface area contributed by atoms with Gasteiger partial charge in [-0.25, -0.2) is 9.37 Å². The number of pyridine rings is 1. The quantitative estimate of drug-likeness (QED) is 0.607. The Kier molecular flexibility index (Phi) is 4.15. The molecule has 0 bridgehead atoms. The molecule has 0 radical (unpaired) electrons. The lowest BCUT2D eigenvalue weighted by molar-refractivity contribution is 0.0945. The molecule has 2 heterocycles. The van der Waals surface area contributed by atoms with Crippen molar-refractivity contribution >= 4 is 16.8 Å². The molecule has 1 amide bonds. The molecule has 2 aromatic carbocycles. The van der Waals surface area contributed by atoms with Gasteiger partial charge in [0.1, 0.15) is 17.2 Å². The fraction of sp³-hybridized carbons (Fsp3) is 0.0500. The highest BCUT2D eigenvalue weighted by molar-refractivity contribution is 5.94. The van der Waals surface area contributed by atoms with E-state index in [1.807, 2.05) is 30.3 Å². The number of halogens is 1. The zero-order valence-electron chi connectivity index (χ0n) is 13.6. The van der Waals surface area contributed by atoms with E-state index in [0.717, 1.165) is 10.9 Å². The molecule has 2 aromatic heterocycles. The summed E-state index contributed by atoms with van der Waals surface area (Å²) >= 11 is 0. The summed E-state index contributed by atoms with van der Waals surface area (Å²) in [7, 11) is 0. The van der Waals surface area contributed by atoms with Crippen LogP contribution in [0.1, 0.15) is 16.2 Å². The molecular formula is C20H14FN3O2. The summed E-state index contributed by atoms with van der Waals surface area (Å²) in [5, 5.41) is 7.58. The van der Waals surface area contributed by atoms with Crippen molar-refractivity contribution in [2.24, 2.45) is 0 Å². The molecule has 0 spiro atoms. The van der Waals surface area contributed by atoms with Crippen molar-refractivity contribution in [3.05, 3.63) is 83.9 Å². The van der Waals surface area contributed by atoms with Crippen LogP contribution >= 0.6 is 0 Å². The number of hydrogen-bond acceptors (Lipinski definition) is 4. The average molecular weight is 347 g/mol. The number of carbonyl (C=O) groups excluding carboxylic acids is 1. The number of para-hydroxylation sites is 1. The van der Waals surface area contributed by atoms with E-state index in [-0.39, 0.29) is 18.3 Å². The van der Waals surface area contributed by atoms with Crippen molar-refractivity contribution in [2.45, 2.75) is 6.54 Å². The van der Waals surface area contributed by atoms with E-state index in [9.17, 15) is 9.18 Å². The van der Waals surface area contributed by atoms with Crippen LogP contribution in [0, 0.1) is 5.82 Å². The third-order valence-corrected chi connectivity index (χ3v) is 3.96. The number of aromatic nitrogens is 2. The van der Waals surface area contributed by atoms with Gasteiger partial charge in [0.2, 0.25) is 0 Å². The van der Waals surface area contributed by atoms with Crippen LogP contribution in [0.4, 0.5) is 4.39 Å². The molecule has 0 atom stereocenters. The Morgan fingerprint density at radius 1 is 1.04 bits per heavy atom. The zero-order chi connectivity index (χ0) is 17.9. The van der Waals surface area contributed by atoms with Crippen molar-refractivity contribution < 1.29 is 13.7 Å². The minimum Gasteiger partial charge on any atom is -0.356 e. The molecule has 0 saturated heterocycles. The van der Waals surface area contributed by atoms with Gasteiger partial charge in [0.15, 0.2) is 5.76 Å². The Morgan fingerprint density at radius 2 is 1.85 bits per heavy atom. The molecule has 0 aliphatic carbocycles. The summed E-state index contributed by atoms with van der Waals surface area (Å²) in [5.74, 6) is -0.387. The Labute approximate surface area is 148 Å². The van der Waals surface area contributed by atoms with Crippen molar-refractivity contribution in [1.82, 2.24) is 15.5 Å². The largest absolute Gasteiger partial charge is 0.356 e. The van der Waals surface area contributed by atoms with Crippen LogP contribution in [0.2, 0.25) is 0 Å². The van der Waals surface area contributed by atoms with Crippen molar-refractivity contribution in [2.75, 3.05) is 0 Å². The predicted octanol–water partition coefficient (Wildman–Crippen LogP) is 3.96. The lowest BCUT2D eigenvalue weighted by Crippen LogP contribution is -2.23. The topological polar surface area (TPSA) is 68.0 Å². The molecule has 5 nitrogen and oxygen atoms in total. The number of amides is 1. The van der Waals surface area contributed by atoms with Crippen LogP contribution in [0.25, 0.3) is 22.2 Å². The van der Waals surface area contributed by atoms with E-state index in [1.165, 1.54) is 6.07 Å². The third kappa shape index (κ3) is 3.17. The van der Waals surface area contributed by atoms with Gasteiger partial charge in [-0.2, -0.15) is 0 Å². The number of benzene rings is 2. The van der Waals surface area contributed by atoms with Gasteiger partial charge in [0, 0.05) is 11.5 Å². The first kappa shape index (κ1) is 16.0. The zero-order valence-corrected chi connectivity index (χ0v) is 13.6. The first-order valence-corrected chi connectivity index (χ1v) is 8.05. The Bertz CT molecular complexity index is 1090. The number of rotatable bonds is 4. The maximum absolute atomic E-state index is 13.8. The lowest BCUT2D eigenvalue weighted by Gasteiger charge is -2.03. The Hall–Kier alpha value is -3.54. The monoisotopic (exact) mass is 347 g/mol. The normalized spacial score (nSPS) is 10.8. The first-order chi connectivity index (χ1) is 12.7. The van der Waals surface area contributed by atoms with Crippen molar-refractivity contribution in [1.29, 1.82) is 0 Å². The molecule has 0 aliphatic heterocycles. The highest BCUT2D eigenvalue weighted by Gasteiger charge is 2.13. The summed E-state index contributed by atoms with van der Waals surface area (Å²) in [6, 6.07) is 19.0. The molecule has 1 N–H and O–H groups in total. The Morgan fingerprint density at radius 3 is 2.73 bits per heavy atom. The number of nitrogens with zero attached hydrogens (tertiary/aromatic N) is 2. The smallest absolute Gasteiger partial charge is 0.270 e. The second-order valence-electron chi connectivity index (χ2n) is 5.73. The molecule has 0 unspecified atom stereocenters. The highest BCUT2D eigenvalue weighted by atomic mass is 19.1. The van der Waals surface area contributed by atoms with E-state index < -0.39 is 0 Å². The molecule has 0 fully saturated rings. The second kappa shape index (κ2) is 6.76. The molecule has 0 aliphatic rings. The number of hydrogen-bond donors (Lipinski definition) is 1. The van der Waals surface area contributed by atoms with Crippen molar-refractivity contribution in [3.63, 3.8) is 0 Å². The van der Waals surface area contributed by atoms with Gasteiger partial charge < -0.3 is 9.84 Å². The summed E-state index contributed by atoms with van der Waals surface area (Å²) in [4.78, 5) is 16.6. The SMILES string of the molecule is O=C(NCc1cc(-c2ccccc2F)on1)c1ccc2ccccc2n1. The number of nitrogens with one attached hydrogen (secondary N) is 1. The maximum atomic E-state index is 13.8. The number of fused-ring (bicyclic) bond motifs is 1. The maximum Gasteiger partial charge on any atom is 0.270 e. The second-order valence-corrected chi connectivity index (χ2v) is 5.73. The van der Waals surface area contributed by atoms with Gasteiger partial charge in [0.05, 0.1) is 17.6 Å².